The van der Waals surface area contributed by atoms with Gasteiger partial charge in [-0.25, -0.2) is 4.39 Å². The molecule has 0 saturated heterocycles. The second kappa shape index (κ2) is 5.84. The van der Waals surface area contributed by atoms with E-state index in [9.17, 15) is 18.9 Å². The first-order valence-electron chi connectivity index (χ1n) is 6.03. The summed E-state index contributed by atoms with van der Waals surface area (Å²) in [6.45, 7) is 2.00. The van der Waals surface area contributed by atoms with Gasteiger partial charge in [0, 0.05) is 12.6 Å². The van der Waals surface area contributed by atoms with Crippen molar-refractivity contribution in [1.82, 2.24) is 0 Å². The van der Waals surface area contributed by atoms with Crippen molar-refractivity contribution in [3.05, 3.63) is 63.2 Å². The van der Waals surface area contributed by atoms with Crippen LogP contribution in [-0.4, -0.2) is 4.92 Å². The van der Waals surface area contributed by atoms with Crippen LogP contribution >= 0.6 is 0 Å². The monoisotopic (exact) mass is 294 g/mol. The molecule has 2 N–H and O–H groups in total. The molecule has 0 heterocycles. The first kappa shape index (κ1) is 14.9. The van der Waals surface area contributed by atoms with E-state index >= 15 is 0 Å². The van der Waals surface area contributed by atoms with Crippen molar-refractivity contribution in [2.24, 2.45) is 5.73 Å². The molecule has 0 saturated carbocycles. The molecule has 2 aromatic rings. The van der Waals surface area contributed by atoms with Crippen molar-refractivity contribution in [3.63, 3.8) is 0 Å². The van der Waals surface area contributed by atoms with Gasteiger partial charge in [0.15, 0.2) is 11.6 Å². The van der Waals surface area contributed by atoms with E-state index in [1.165, 1.54) is 0 Å². The first-order valence-corrected chi connectivity index (χ1v) is 6.03. The van der Waals surface area contributed by atoms with Crippen LogP contribution in [0.5, 0.6) is 11.5 Å². The lowest BCUT2D eigenvalue weighted by molar-refractivity contribution is -0.387. The third-order valence-corrected chi connectivity index (χ3v) is 2.91. The highest BCUT2D eigenvalue weighted by atomic mass is 19.1. The quantitative estimate of drug-likeness (QED) is 0.692. The van der Waals surface area contributed by atoms with Crippen molar-refractivity contribution in [2.45, 2.75) is 13.5 Å². The van der Waals surface area contributed by atoms with Crippen molar-refractivity contribution in [1.29, 1.82) is 0 Å². The summed E-state index contributed by atoms with van der Waals surface area (Å²) >= 11 is 0. The molecule has 5 nitrogen and oxygen atoms in total. The summed E-state index contributed by atoms with van der Waals surface area (Å²) in [5.74, 6) is -2.29. The summed E-state index contributed by atoms with van der Waals surface area (Å²) in [6.07, 6.45) is 0. The zero-order valence-electron chi connectivity index (χ0n) is 11.1. The molecule has 0 spiro atoms. The predicted octanol–water partition coefficient (Wildman–Crippen LogP) is 3.43. The fourth-order valence-electron chi connectivity index (χ4n) is 1.74. The van der Waals surface area contributed by atoms with Gasteiger partial charge < -0.3 is 10.5 Å². The molecule has 0 aliphatic carbocycles. The van der Waals surface area contributed by atoms with Crippen molar-refractivity contribution in [2.75, 3.05) is 0 Å². The van der Waals surface area contributed by atoms with Crippen LogP contribution in [0, 0.1) is 28.7 Å². The van der Waals surface area contributed by atoms with E-state index in [4.69, 9.17) is 10.5 Å². The number of hydrogen-bond acceptors (Lipinski definition) is 4. The van der Waals surface area contributed by atoms with Gasteiger partial charge in [0.05, 0.1) is 11.0 Å². The molecule has 21 heavy (non-hydrogen) atoms. The average molecular weight is 294 g/mol. The molecule has 0 amide bonds. The first-order chi connectivity index (χ1) is 9.92. The molecule has 0 unspecified atom stereocenters. The zero-order valence-corrected chi connectivity index (χ0v) is 11.1. The third-order valence-electron chi connectivity index (χ3n) is 2.91. The summed E-state index contributed by atoms with van der Waals surface area (Å²) in [5, 5.41) is 10.5. The number of nitrogens with zero attached hydrogens (tertiary/aromatic N) is 1. The van der Waals surface area contributed by atoms with Crippen molar-refractivity contribution in [3.8, 4) is 11.5 Å². The zero-order chi connectivity index (χ0) is 15.6. The van der Waals surface area contributed by atoms with Crippen LogP contribution in [0.4, 0.5) is 14.5 Å². The Morgan fingerprint density at radius 2 is 1.90 bits per heavy atom. The van der Waals surface area contributed by atoms with Crippen LogP contribution in [-0.2, 0) is 6.54 Å². The Kier molecular flexibility index (Phi) is 4.13. The summed E-state index contributed by atoms with van der Waals surface area (Å²) in [5.41, 5.74) is 6.03. The van der Waals surface area contributed by atoms with E-state index in [0.717, 1.165) is 5.56 Å². The van der Waals surface area contributed by atoms with Crippen molar-refractivity contribution < 1.29 is 18.4 Å². The lowest BCUT2D eigenvalue weighted by Gasteiger charge is -2.11. The Hall–Kier alpha value is -2.54. The lowest BCUT2D eigenvalue weighted by Crippen LogP contribution is -1.99. The van der Waals surface area contributed by atoms with Crippen LogP contribution in [0.25, 0.3) is 0 Å². The fourth-order valence-corrected chi connectivity index (χ4v) is 1.74. The molecule has 2 rings (SSSR count). The van der Waals surface area contributed by atoms with Gasteiger partial charge in [-0.15, -0.1) is 0 Å². The molecule has 2 aromatic carbocycles. The highest BCUT2D eigenvalue weighted by Crippen LogP contribution is 2.31. The Bertz CT molecular complexity index is 705. The Balaban J connectivity index is 2.40. The van der Waals surface area contributed by atoms with Gasteiger partial charge in [-0.3, -0.25) is 10.1 Å². The van der Waals surface area contributed by atoms with E-state index in [1.54, 1.807) is 25.1 Å². The van der Waals surface area contributed by atoms with E-state index < -0.39 is 28.0 Å². The second-order valence-electron chi connectivity index (χ2n) is 4.40. The lowest BCUT2D eigenvalue weighted by atomic mass is 10.1. The molecule has 0 radical (unpaired) electrons. The van der Waals surface area contributed by atoms with Gasteiger partial charge in [0.2, 0.25) is 5.82 Å². The van der Waals surface area contributed by atoms with Gasteiger partial charge in [-0.1, -0.05) is 12.1 Å². The van der Waals surface area contributed by atoms with Gasteiger partial charge >= 0.3 is 5.69 Å². The topological polar surface area (TPSA) is 78.4 Å². The number of nitro benzene ring substituents is 1. The molecular weight excluding hydrogens is 282 g/mol. The third kappa shape index (κ3) is 3.14. The number of halogens is 2. The molecule has 7 heteroatoms. The standard InChI is InChI=1S/C14H12F2N2O3/c1-8-2-3-9(7-17)4-13(8)21-14-6-10(15)12(18(19)20)5-11(14)16/h2-6H,7,17H2,1H3. The van der Waals surface area contributed by atoms with E-state index in [0.29, 0.717) is 23.4 Å². The normalized spacial score (nSPS) is 10.5. The molecular formula is C14H12F2N2O3. The summed E-state index contributed by atoms with van der Waals surface area (Å²) in [7, 11) is 0. The van der Waals surface area contributed by atoms with Gasteiger partial charge in [-0.05, 0) is 24.1 Å². The summed E-state index contributed by atoms with van der Waals surface area (Å²) < 4.78 is 32.6. The minimum Gasteiger partial charge on any atom is -0.454 e. The van der Waals surface area contributed by atoms with Gasteiger partial charge in [0.25, 0.3) is 0 Å². The highest BCUT2D eigenvalue weighted by molar-refractivity contribution is 5.44. The minimum absolute atomic E-state index is 0.272. The van der Waals surface area contributed by atoms with Crippen molar-refractivity contribution >= 4 is 5.69 Å². The second-order valence-corrected chi connectivity index (χ2v) is 4.40. The minimum atomic E-state index is -1.16. The van der Waals surface area contributed by atoms with Crippen LogP contribution in [0.2, 0.25) is 0 Å². The van der Waals surface area contributed by atoms with Crippen LogP contribution in [0.15, 0.2) is 30.3 Å². The van der Waals surface area contributed by atoms with Crippen LogP contribution in [0.3, 0.4) is 0 Å². The number of aryl methyl sites for hydroxylation is 1. The largest absolute Gasteiger partial charge is 0.454 e. The molecule has 0 aliphatic heterocycles. The maximum absolute atomic E-state index is 13.8. The number of rotatable bonds is 4. The van der Waals surface area contributed by atoms with Crippen LogP contribution in [0.1, 0.15) is 11.1 Å². The average Bonchev–Trinajstić information content (AvgIpc) is 2.44. The van der Waals surface area contributed by atoms with E-state index in [-0.39, 0.29) is 6.54 Å². The molecule has 0 fully saturated rings. The van der Waals surface area contributed by atoms with E-state index in [2.05, 4.69) is 0 Å². The molecule has 0 atom stereocenters. The molecule has 0 aromatic heterocycles. The number of benzene rings is 2. The Labute approximate surface area is 119 Å². The van der Waals surface area contributed by atoms with E-state index in [1.807, 2.05) is 0 Å². The summed E-state index contributed by atoms with van der Waals surface area (Å²) in [4.78, 5) is 9.53. The SMILES string of the molecule is Cc1ccc(CN)cc1Oc1cc(F)c([N+](=O)[O-])cc1F. The van der Waals surface area contributed by atoms with Gasteiger partial charge in [0.1, 0.15) is 5.75 Å². The maximum Gasteiger partial charge on any atom is 0.307 e. The highest BCUT2D eigenvalue weighted by Gasteiger charge is 2.20. The van der Waals surface area contributed by atoms with Gasteiger partial charge in [-0.2, -0.15) is 4.39 Å². The van der Waals surface area contributed by atoms with Crippen LogP contribution < -0.4 is 10.5 Å². The Morgan fingerprint density at radius 3 is 2.52 bits per heavy atom. The smallest absolute Gasteiger partial charge is 0.307 e. The fraction of sp³-hybridized carbons (Fsp3) is 0.143. The Morgan fingerprint density at radius 1 is 1.19 bits per heavy atom. The number of nitro groups is 1. The maximum atomic E-state index is 13.8. The number of hydrogen-bond donors (Lipinski definition) is 1. The molecule has 0 bridgehead atoms. The number of nitrogens with two attached hydrogens (primary N) is 1. The number of ether oxygens (including phenoxy) is 1. The summed E-state index contributed by atoms with van der Waals surface area (Å²) in [6, 6.07) is 6.27. The molecule has 110 valence electrons. The molecule has 0 aliphatic rings. The predicted molar refractivity (Wildman–Crippen MR) is 72.2 cm³/mol.